The minimum Gasteiger partial charge on any atom is -0.493 e. The van der Waals surface area contributed by atoms with Gasteiger partial charge in [-0.3, -0.25) is 29.3 Å². The van der Waals surface area contributed by atoms with Crippen LogP contribution in [-0.2, 0) is 22.7 Å². The number of benzene rings is 1. The number of methoxy groups -OCH3 is 2. The summed E-state index contributed by atoms with van der Waals surface area (Å²) in [6, 6.07) is 8.90. The van der Waals surface area contributed by atoms with Crippen LogP contribution in [0.2, 0.25) is 0 Å². The number of pyridine rings is 2. The van der Waals surface area contributed by atoms with Crippen LogP contribution in [-0.4, -0.2) is 71.5 Å². The molecular formula is C33H40N6O5. The van der Waals surface area contributed by atoms with E-state index in [1.54, 1.807) is 38.9 Å². The van der Waals surface area contributed by atoms with Crippen molar-refractivity contribution in [3.63, 3.8) is 0 Å². The number of nitrogens with one attached hydrogen (secondary N) is 3. The molecule has 44 heavy (non-hydrogen) atoms. The molecule has 3 amide bonds. The second kappa shape index (κ2) is 13.4. The topological polar surface area (TPSA) is 135 Å². The predicted octanol–water partition coefficient (Wildman–Crippen LogP) is 3.09. The number of amides is 3. The highest BCUT2D eigenvalue weighted by molar-refractivity contribution is 6.02. The van der Waals surface area contributed by atoms with E-state index in [1.807, 2.05) is 38.1 Å². The molecule has 1 spiro atoms. The summed E-state index contributed by atoms with van der Waals surface area (Å²) in [5.41, 5.74) is 2.68. The zero-order valence-corrected chi connectivity index (χ0v) is 25.7. The molecule has 0 radical (unpaired) electrons. The number of rotatable bonds is 6. The van der Waals surface area contributed by atoms with Crippen LogP contribution in [0.25, 0.3) is 11.1 Å². The van der Waals surface area contributed by atoms with Crippen LogP contribution in [0.4, 0.5) is 0 Å². The van der Waals surface area contributed by atoms with Crippen LogP contribution in [0.15, 0.2) is 55.1 Å². The third-order valence-corrected chi connectivity index (χ3v) is 8.01. The Hall–Kier alpha value is -4.51. The van der Waals surface area contributed by atoms with Crippen molar-refractivity contribution in [1.82, 2.24) is 30.8 Å². The van der Waals surface area contributed by atoms with Gasteiger partial charge in [-0.2, -0.15) is 0 Å². The van der Waals surface area contributed by atoms with Gasteiger partial charge in [0, 0.05) is 62.1 Å². The fraction of sp³-hybridized carbons (Fsp3) is 0.424. The van der Waals surface area contributed by atoms with Crippen molar-refractivity contribution in [3.05, 3.63) is 71.8 Å². The van der Waals surface area contributed by atoms with Gasteiger partial charge in [-0.05, 0) is 66.6 Å². The SMILES string of the molecule is COc1cc2cc(c1OC)-c1cncc(c1)C(=O)NC1(CC1)C(=O)N[C@H](CC(C)C)C(=O)NCCN(Cc1ccncc1)C2. The van der Waals surface area contributed by atoms with Gasteiger partial charge < -0.3 is 25.4 Å². The van der Waals surface area contributed by atoms with Gasteiger partial charge in [-0.25, -0.2) is 0 Å². The second-order valence-electron chi connectivity index (χ2n) is 11.9. The number of hydrogen-bond acceptors (Lipinski definition) is 8. The maximum Gasteiger partial charge on any atom is 0.253 e. The first-order valence-electron chi connectivity index (χ1n) is 14.9. The monoisotopic (exact) mass is 600 g/mol. The van der Waals surface area contributed by atoms with Gasteiger partial charge in [0.1, 0.15) is 11.6 Å². The molecule has 4 bridgehead atoms. The Labute approximate surface area is 257 Å². The van der Waals surface area contributed by atoms with E-state index in [0.717, 1.165) is 16.7 Å². The molecule has 232 valence electrons. The Bertz CT molecular complexity index is 1510. The minimum absolute atomic E-state index is 0.171. The van der Waals surface area contributed by atoms with Crippen molar-refractivity contribution in [2.75, 3.05) is 27.3 Å². The molecule has 11 heteroatoms. The van der Waals surface area contributed by atoms with E-state index < -0.39 is 17.5 Å². The van der Waals surface area contributed by atoms with Crippen LogP contribution >= 0.6 is 0 Å². The molecular weight excluding hydrogens is 560 g/mol. The van der Waals surface area contributed by atoms with E-state index in [4.69, 9.17) is 9.47 Å². The Balaban J connectivity index is 1.56. The first kappa shape index (κ1) is 30.9. The molecule has 1 fully saturated rings. The zero-order chi connectivity index (χ0) is 31.3. The van der Waals surface area contributed by atoms with Crippen LogP contribution < -0.4 is 25.4 Å². The van der Waals surface area contributed by atoms with E-state index in [0.29, 0.717) is 68.1 Å². The fourth-order valence-electron chi connectivity index (χ4n) is 5.54. The molecule has 1 aliphatic heterocycles. The Kier molecular flexibility index (Phi) is 9.43. The molecule has 3 aromatic rings. The van der Waals surface area contributed by atoms with Crippen molar-refractivity contribution in [1.29, 1.82) is 0 Å². The summed E-state index contributed by atoms with van der Waals surface area (Å²) in [5, 5.41) is 8.89. The van der Waals surface area contributed by atoms with Crippen molar-refractivity contribution < 1.29 is 23.9 Å². The number of hydrogen-bond donors (Lipinski definition) is 3. The minimum atomic E-state index is -1.06. The first-order valence-corrected chi connectivity index (χ1v) is 14.9. The van der Waals surface area contributed by atoms with Crippen molar-refractivity contribution >= 4 is 17.7 Å². The van der Waals surface area contributed by atoms with Crippen LogP contribution in [0.5, 0.6) is 11.5 Å². The third-order valence-electron chi connectivity index (χ3n) is 8.01. The molecule has 1 aromatic carbocycles. The highest BCUT2D eigenvalue weighted by Gasteiger charge is 2.52. The highest BCUT2D eigenvalue weighted by Crippen LogP contribution is 2.40. The van der Waals surface area contributed by atoms with Crippen LogP contribution in [0.1, 0.15) is 54.6 Å². The summed E-state index contributed by atoms with van der Waals surface area (Å²) in [5.74, 6) is 0.229. The number of carbonyl (C=O) groups is 3. The van der Waals surface area contributed by atoms with Crippen molar-refractivity contribution in [3.8, 4) is 22.6 Å². The lowest BCUT2D eigenvalue weighted by molar-refractivity contribution is -0.130. The molecule has 3 N–H and O–H groups in total. The average molecular weight is 601 g/mol. The number of fused-ring (bicyclic) bond motifs is 5. The standard InChI is InChI=1S/C33H40N6O5/c1-21(2)13-27-31(41)36-11-12-39(19-22-5-9-34-10-6-22)20-23-14-26(29(44-4)28(15-23)43-3)24-16-25(18-35-17-24)30(40)38-33(7-8-33)32(42)37-27/h5-6,9-10,14-18,21,27H,7-8,11-13,19-20H2,1-4H3,(H,36,41)(H,37,42)(H,38,40)/t27-/m1/s1. The largest absolute Gasteiger partial charge is 0.493 e. The van der Waals surface area contributed by atoms with Gasteiger partial charge in [0.05, 0.1) is 19.8 Å². The number of ether oxygens (including phenoxy) is 2. The van der Waals surface area contributed by atoms with Gasteiger partial charge in [0.15, 0.2) is 11.5 Å². The molecule has 0 saturated heterocycles. The number of carbonyl (C=O) groups excluding carboxylic acids is 3. The van der Waals surface area contributed by atoms with Crippen molar-refractivity contribution in [2.45, 2.75) is 57.8 Å². The Morgan fingerprint density at radius 3 is 2.43 bits per heavy atom. The lowest BCUT2D eigenvalue weighted by Crippen LogP contribution is -2.55. The smallest absolute Gasteiger partial charge is 0.253 e. The molecule has 11 nitrogen and oxygen atoms in total. The normalized spacial score (nSPS) is 18.9. The molecule has 1 atom stereocenters. The number of nitrogens with zero attached hydrogens (tertiary/aromatic N) is 3. The average Bonchev–Trinajstić information content (AvgIpc) is 3.80. The van der Waals surface area contributed by atoms with Crippen LogP contribution in [0, 0.1) is 5.92 Å². The Morgan fingerprint density at radius 1 is 1.00 bits per heavy atom. The molecule has 2 aromatic heterocycles. The second-order valence-corrected chi connectivity index (χ2v) is 11.9. The van der Waals surface area contributed by atoms with E-state index in [9.17, 15) is 14.4 Å². The highest BCUT2D eigenvalue weighted by atomic mass is 16.5. The first-order chi connectivity index (χ1) is 21.2. The third kappa shape index (κ3) is 7.16. The quantitative estimate of drug-likeness (QED) is 0.393. The van der Waals surface area contributed by atoms with E-state index in [2.05, 4.69) is 30.8 Å². The van der Waals surface area contributed by atoms with Gasteiger partial charge in [-0.15, -0.1) is 0 Å². The maximum absolute atomic E-state index is 13.5. The van der Waals surface area contributed by atoms with E-state index in [1.165, 1.54) is 6.20 Å². The molecule has 3 heterocycles. The van der Waals surface area contributed by atoms with Gasteiger partial charge >= 0.3 is 0 Å². The summed E-state index contributed by atoms with van der Waals surface area (Å²) in [6.07, 6.45) is 8.13. The Morgan fingerprint density at radius 2 is 1.75 bits per heavy atom. The fourth-order valence-corrected chi connectivity index (χ4v) is 5.54. The molecule has 1 aliphatic carbocycles. The van der Waals surface area contributed by atoms with E-state index >= 15 is 0 Å². The zero-order valence-electron chi connectivity index (χ0n) is 25.7. The van der Waals surface area contributed by atoms with Crippen molar-refractivity contribution in [2.24, 2.45) is 5.92 Å². The molecule has 2 aliphatic rings. The molecule has 0 unspecified atom stereocenters. The summed E-state index contributed by atoms with van der Waals surface area (Å²) in [7, 11) is 3.16. The summed E-state index contributed by atoms with van der Waals surface area (Å²) < 4.78 is 11.5. The lowest BCUT2D eigenvalue weighted by atomic mass is 10.00. The summed E-state index contributed by atoms with van der Waals surface area (Å²) in [6.45, 7) is 6.10. The summed E-state index contributed by atoms with van der Waals surface area (Å²) in [4.78, 5) is 51.0. The maximum atomic E-state index is 13.5. The van der Waals surface area contributed by atoms with Gasteiger partial charge in [-0.1, -0.05) is 13.8 Å². The molecule has 1 saturated carbocycles. The lowest BCUT2D eigenvalue weighted by Gasteiger charge is -2.26. The summed E-state index contributed by atoms with van der Waals surface area (Å²) >= 11 is 0. The number of aromatic nitrogens is 2. The van der Waals surface area contributed by atoms with Gasteiger partial charge in [0.2, 0.25) is 11.8 Å². The molecule has 5 rings (SSSR count). The van der Waals surface area contributed by atoms with Gasteiger partial charge in [0.25, 0.3) is 5.91 Å². The van der Waals surface area contributed by atoms with Crippen LogP contribution in [0.3, 0.4) is 0 Å². The van der Waals surface area contributed by atoms with E-state index in [-0.39, 0.29) is 17.7 Å². The predicted molar refractivity (Wildman–Crippen MR) is 165 cm³/mol.